The van der Waals surface area contributed by atoms with Crippen LogP contribution in [0.2, 0.25) is 5.28 Å². The van der Waals surface area contributed by atoms with Crippen molar-refractivity contribution in [1.82, 2.24) is 25.0 Å². The Morgan fingerprint density at radius 1 is 1.15 bits per heavy atom. The van der Waals surface area contributed by atoms with Crippen molar-refractivity contribution < 1.29 is 20.1 Å². The van der Waals surface area contributed by atoms with Crippen molar-refractivity contribution in [2.75, 3.05) is 11.9 Å². The van der Waals surface area contributed by atoms with E-state index in [2.05, 4.69) is 25.6 Å². The van der Waals surface area contributed by atoms with Gasteiger partial charge in [0.05, 0.1) is 6.61 Å². The van der Waals surface area contributed by atoms with Crippen LogP contribution in [0.15, 0.2) is 30.3 Å². The number of benzene rings is 1. The Morgan fingerprint density at radius 3 is 2.63 bits per heavy atom. The van der Waals surface area contributed by atoms with Crippen LogP contribution in [-0.4, -0.2) is 65.2 Å². The van der Waals surface area contributed by atoms with E-state index in [1.54, 1.807) is 0 Å². The summed E-state index contributed by atoms with van der Waals surface area (Å²) in [4.78, 5) is 8.28. The second-order valence-electron chi connectivity index (χ2n) is 6.12. The predicted molar refractivity (Wildman–Crippen MR) is 94.9 cm³/mol. The highest BCUT2D eigenvalue weighted by Crippen LogP contribution is 2.31. The van der Waals surface area contributed by atoms with E-state index in [4.69, 9.17) is 16.3 Å². The number of ether oxygens (including phenoxy) is 1. The molecule has 1 aromatic carbocycles. The fraction of sp³-hybridized carbons (Fsp3) is 0.375. The smallest absolute Gasteiger partial charge is 0.226 e. The molecule has 142 valence electrons. The topological polar surface area (TPSA) is 138 Å². The van der Waals surface area contributed by atoms with Gasteiger partial charge in [-0.2, -0.15) is 14.6 Å². The maximum atomic E-state index is 10.2. The molecule has 0 bridgehead atoms. The summed E-state index contributed by atoms with van der Waals surface area (Å²) < 4.78 is 6.71. The molecular weight excluding hydrogens is 376 g/mol. The van der Waals surface area contributed by atoms with Gasteiger partial charge in [-0.25, -0.2) is 0 Å². The molecule has 0 unspecified atom stereocenters. The molecule has 0 radical (unpaired) electrons. The van der Waals surface area contributed by atoms with E-state index >= 15 is 0 Å². The Kier molecular flexibility index (Phi) is 4.89. The summed E-state index contributed by atoms with van der Waals surface area (Å²) in [6.45, 7) is 0.0466. The van der Waals surface area contributed by atoms with Gasteiger partial charge in [-0.3, -0.25) is 0 Å². The molecule has 1 fully saturated rings. The van der Waals surface area contributed by atoms with Gasteiger partial charge in [-0.05, 0) is 17.2 Å². The minimum atomic E-state index is -1.30. The lowest BCUT2D eigenvalue weighted by molar-refractivity contribution is -0.0574. The van der Waals surface area contributed by atoms with Crippen LogP contribution in [0.25, 0.3) is 11.2 Å². The lowest BCUT2D eigenvalue weighted by atomic mass is 10.1. The summed E-state index contributed by atoms with van der Waals surface area (Å²) >= 11 is 6.04. The number of fused-ring (bicyclic) bond motifs is 1. The number of hydrogen-bond acceptors (Lipinski definition) is 9. The first kappa shape index (κ1) is 18.0. The molecule has 27 heavy (non-hydrogen) atoms. The molecule has 0 spiro atoms. The Hall–Kier alpha value is -2.37. The molecule has 10 nitrogen and oxygen atoms in total. The summed E-state index contributed by atoms with van der Waals surface area (Å²) in [6.07, 6.45) is -4.55. The summed E-state index contributed by atoms with van der Waals surface area (Å²) in [5.74, 6) is 0.381. The normalized spacial score (nSPS) is 25.2. The number of anilines is 1. The average molecular weight is 393 g/mol. The Morgan fingerprint density at radius 2 is 1.93 bits per heavy atom. The van der Waals surface area contributed by atoms with Crippen LogP contribution >= 0.6 is 11.6 Å². The van der Waals surface area contributed by atoms with E-state index < -0.39 is 31.1 Å². The highest BCUT2D eigenvalue weighted by Gasteiger charge is 2.44. The number of aliphatic hydroxyl groups excluding tert-OH is 3. The molecule has 1 saturated heterocycles. The van der Waals surface area contributed by atoms with Gasteiger partial charge in [0.1, 0.15) is 18.3 Å². The minimum Gasteiger partial charge on any atom is -0.394 e. The predicted octanol–water partition coefficient (Wildman–Crippen LogP) is 0.0983. The zero-order valence-electron chi connectivity index (χ0n) is 14.0. The van der Waals surface area contributed by atoms with Crippen molar-refractivity contribution in [3.63, 3.8) is 0 Å². The van der Waals surface area contributed by atoms with Crippen LogP contribution in [-0.2, 0) is 11.3 Å². The molecule has 4 N–H and O–H groups in total. The summed E-state index contributed by atoms with van der Waals surface area (Å²) in [7, 11) is 0. The average Bonchev–Trinajstić information content (AvgIpc) is 3.22. The molecule has 2 aromatic heterocycles. The van der Waals surface area contributed by atoms with Crippen LogP contribution in [0.5, 0.6) is 0 Å². The first-order valence-electron chi connectivity index (χ1n) is 8.27. The molecule has 0 aliphatic carbocycles. The first-order chi connectivity index (χ1) is 13.1. The lowest BCUT2D eigenvalue weighted by Gasteiger charge is -2.14. The number of halogens is 1. The minimum absolute atomic E-state index is 0.0339. The zero-order valence-corrected chi connectivity index (χ0v) is 14.7. The standard InChI is InChI=1S/C16H17ClN6O4/c17-16-19-13(18-6-8-4-2-1-3-5-8)10-14(20-16)23(22-21-10)15-12(26)11(25)9(7-24)27-15/h1-5,9,11-12,15,24-26H,6-7H2,(H,18,19,20)/t9-,11-,12-,15-/m1/s1. The van der Waals surface area contributed by atoms with Crippen molar-refractivity contribution in [3.8, 4) is 0 Å². The number of aliphatic hydroxyl groups is 3. The third-order valence-corrected chi connectivity index (χ3v) is 4.53. The van der Waals surface area contributed by atoms with Gasteiger partial charge in [0.25, 0.3) is 0 Å². The number of hydrogen-bond donors (Lipinski definition) is 4. The Balaban J connectivity index is 1.66. The molecule has 3 aromatic rings. The summed E-state index contributed by atoms with van der Waals surface area (Å²) in [5.41, 5.74) is 1.62. The quantitative estimate of drug-likeness (QED) is 0.445. The monoisotopic (exact) mass is 392 g/mol. The SMILES string of the molecule is OC[C@H]1O[C@@H](n2nnc3c(NCc4ccccc4)nc(Cl)nc32)[C@H](O)[C@@H]1O. The molecule has 4 atom stereocenters. The number of aromatic nitrogens is 5. The van der Waals surface area contributed by atoms with Crippen molar-refractivity contribution in [3.05, 3.63) is 41.2 Å². The molecule has 11 heteroatoms. The van der Waals surface area contributed by atoms with Gasteiger partial charge in [0.2, 0.25) is 5.28 Å². The maximum Gasteiger partial charge on any atom is 0.226 e. The van der Waals surface area contributed by atoms with Crippen molar-refractivity contribution in [1.29, 1.82) is 0 Å². The molecule has 1 aliphatic heterocycles. The highest BCUT2D eigenvalue weighted by molar-refractivity contribution is 6.28. The van der Waals surface area contributed by atoms with Gasteiger partial charge >= 0.3 is 0 Å². The Bertz CT molecular complexity index is 939. The van der Waals surface area contributed by atoms with Crippen LogP contribution in [0.3, 0.4) is 0 Å². The highest BCUT2D eigenvalue weighted by atomic mass is 35.5. The van der Waals surface area contributed by atoms with Crippen LogP contribution in [0.4, 0.5) is 5.82 Å². The maximum absolute atomic E-state index is 10.2. The van der Waals surface area contributed by atoms with Crippen molar-refractivity contribution in [2.24, 2.45) is 0 Å². The number of nitrogens with zero attached hydrogens (tertiary/aromatic N) is 5. The van der Waals surface area contributed by atoms with Crippen molar-refractivity contribution >= 4 is 28.6 Å². The van der Waals surface area contributed by atoms with E-state index in [0.29, 0.717) is 17.9 Å². The molecule has 3 heterocycles. The third-order valence-electron chi connectivity index (χ3n) is 4.36. The van der Waals surface area contributed by atoms with E-state index in [9.17, 15) is 15.3 Å². The van der Waals surface area contributed by atoms with E-state index in [1.165, 1.54) is 4.68 Å². The number of rotatable bonds is 5. The van der Waals surface area contributed by atoms with E-state index in [0.717, 1.165) is 5.56 Å². The molecule has 4 rings (SSSR count). The van der Waals surface area contributed by atoms with Crippen LogP contribution in [0.1, 0.15) is 11.8 Å². The van der Waals surface area contributed by atoms with Gasteiger partial charge in [-0.1, -0.05) is 35.5 Å². The lowest BCUT2D eigenvalue weighted by Crippen LogP contribution is -2.33. The van der Waals surface area contributed by atoms with E-state index in [1.807, 2.05) is 30.3 Å². The second kappa shape index (κ2) is 7.33. The molecular formula is C16H17ClN6O4. The van der Waals surface area contributed by atoms with Crippen LogP contribution in [0, 0.1) is 0 Å². The number of nitrogens with one attached hydrogen (secondary N) is 1. The van der Waals surface area contributed by atoms with E-state index in [-0.39, 0.29) is 10.9 Å². The van der Waals surface area contributed by atoms with Gasteiger partial charge < -0.3 is 25.4 Å². The fourth-order valence-electron chi connectivity index (χ4n) is 2.96. The summed E-state index contributed by atoms with van der Waals surface area (Å²) in [5, 5.41) is 40.6. The molecule has 1 aliphatic rings. The second-order valence-corrected chi connectivity index (χ2v) is 6.45. The Labute approximate surface area is 158 Å². The van der Waals surface area contributed by atoms with Gasteiger partial charge in [0, 0.05) is 6.54 Å². The van der Waals surface area contributed by atoms with Gasteiger partial charge in [0.15, 0.2) is 23.2 Å². The molecule has 0 amide bonds. The van der Waals surface area contributed by atoms with Gasteiger partial charge in [-0.15, -0.1) is 5.10 Å². The molecule has 0 saturated carbocycles. The zero-order chi connectivity index (χ0) is 19.0. The van der Waals surface area contributed by atoms with Crippen LogP contribution < -0.4 is 5.32 Å². The fourth-order valence-corrected chi connectivity index (χ4v) is 3.13. The largest absolute Gasteiger partial charge is 0.394 e. The first-order valence-corrected chi connectivity index (χ1v) is 8.65. The third kappa shape index (κ3) is 3.33. The summed E-state index contributed by atoms with van der Waals surface area (Å²) in [6, 6.07) is 9.71. The van der Waals surface area contributed by atoms with Crippen molar-refractivity contribution in [2.45, 2.75) is 31.1 Å².